The summed E-state index contributed by atoms with van der Waals surface area (Å²) in [6.07, 6.45) is 3.40. The topological polar surface area (TPSA) is 89.7 Å². The van der Waals surface area contributed by atoms with Crippen LogP contribution in [0.5, 0.6) is 0 Å². The number of ether oxygens (including phenoxy) is 1. The molecule has 3 aliphatic rings. The second-order valence-electron chi connectivity index (χ2n) is 8.87. The lowest BCUT2D eigenvalue weighted by Gasteiger charge is -2.34. The number of rotatable bonds is 6. The molecule has 3 aliphatic heterocycles. The summed E-state index contributed by atoms with van der Waals surface area (Å²) in [6, 6.07) is 18.7. The van der Waals surface area contributed by atoms with Gasteiger partial charge in [0.05, 0.1) is 23.4 Å². The van der Waals surface area contributed by atoms with Gasteiger partial charge >= 0.3 is 5.97 Å². The van der Waals surface area contributed by atoms with Gasteiger partial charge in [-0.15, -0.1) is 0 Å². The minimum Gasteiger partial charge on any atom is -0.460 e. The molecule has 36 heavy (non-hydrogen) atoms. The molecule has 184 valence electrons. The second kappa shape index (κ2) is 10.2. The zero-order chi connectivity index (χ0) is 25.1. The lowest BCUT2D eigenvalue weighted by Crippen LogP contribution is -2.50. The average Bonchev–Trinajstić information content (AvgIpc) is 3.24. The highest BCUT2D eigenvalue weighted by Crippen LogP contribution is 2.23. The molecule has 0 atom stereocenters. The first-order valence-electron chi connectivity index (χ1n) is 11.9. The fourth-order valence-corrected chi connectivity index (χ4v) is 4.38. The summed E-state index contributed by atoms with van der Waals surface area (Å²) < 4.78 is 8.43. The maximum absolute atomic E-state index is 13.5. The number of hydrogen-bond acceptors (Lipinski definition) is 6. The molecule has 2 aromatic rings. The summed E-state index contributed by atoms with van der Waals surface area (Å²) in [5.74, 6) is -0.468. The first-order valence-corrected chi connectivity index (χ1v) is 11.9. The third kappa shape index (κ3) is 4.92. The number of benzene rings is 2. The standard InChI is InChI=1S/C27H27N5O4/c1-29-16-22(25-23(17-29)27(35)32(28-25)21-10-6-3-7-11-21)26(34)31-14-12-30(13-15-31)18-24(33)36-19-20-8-4-2-5-9-20/h2-11,16-17H,12-15,18-19H2,1H3. The number of amides is 1. The van der Waals surface area contributed by atoms with Gasteiger partial charge in [-0.2, -0.15) is 9.78 Å². The summed E-state index contributed by atoms with van der Waals surface area (Å²) in [6.45, 7) is 2.47. The van der Waals surface area contributed by atoms with Crippen molar-refractivity contribution in [2.24, 2.45) is 7.05 Å². The number of fused-ring (bicyclic) bond motifs is 1. The molecule has 1 fully saturated rings. The van der Waals surface area contributed by atoms with Gasteiger partial charge < -0.3 is 14.2 Å². The van der Waals surface area contributed by atoms with Crippen molar-refractivity contribution < 1.29 is 14.3 Å². The molecule has 0 unspecified atom stereocenters. The van der Waals surface area contributed by atoms with Crippen molar-refractivity contribution >= 4 is 11.9 Å². The molecule has 1 amide bonds. The van der Waals surface area contributed by atoms with Gasteiger partial charge in [0.15, 0.2) is 0 Å². The maximum atomic E-state index is 13.5. The van der Waals surface area contributed by atoms with Gasteiger partial charge in [0.1, 0.15) is 12.3 Å². The molecule has 5 rings (SSSR count). The fourth-order valence-electron chi connectivity index (χ4n) is 4.38. The Bertz CT molecular complexity index is 1390. The molecule has 0 radical (unpaired) electrons. The van der Waals surface area contributed by atoms with E-state index in [0.29, 0.717) is 48.7 Å². The van der Waals surface area contributed by atoms with Gasteiger partial charge in [-0.25, -0.2) is 0 Å². The van der Waals surface area contributed by atoms with E-state index in [9.17, 15) is 14.4 Å². The molecule has 9 heteroatoms. The number of carbonyl (C=O) groups is 2. The van der Waals surface area contributed by atoms with Crippen molar-refractivity contribution in [3.63, 3.8) is 0 Å². The molecule has 3 heterocycles. The number of hydrogen-bond donors (Lipinski definition) is 0. The van der Waals surface area contributed by atoms with Crippen LogP contribution in [0.1, 0.15) is 15.9 Å². The largest absolute Gasteiger partial charge is 0.460 e. The van der Waals surface area contributed by atoms with Gasteiger partial charge in [0.25, 0.3) is 11.5 Å². The van der Waals surface area contributed by atoms with Crippen LogP contribution in [0.3, 0.4) is 0 Å². The molecular weight excluding hydrogens is 458 g/mol. The van der Waals surface area contributed by atoms with Crippen LogP contribution in [0.15, 0.2) is 77.9 Å². The first-order chi connectivity index (χ1) is 17.5. The highest BCUT2D eigenvalue weighted by molar-refractivity contribution is 6.00. The Morgan fingerprint density at radius 1 is 0.917 bits per heavy atom. The summed E-state index contributed by atoms with van der Waals surface area (Å²) in [5.41, 5.74) is 2.50. The van der Waals surface area contributed by atoms with Gasteiger partial charge in [0, 0.05) is 45.6 Å². The predicted octanol–water partition coefficient (Wildman–Crippen LogP) is 2.18. The van der Waals surface area contributed by atoms with E-state index >= 15 is 0 Å². The van der Waals surface area contributed by atoms with Gasteiger partial charge in [-0.1, -0.05) is 48.5 Å². The van der Waals surface area contributed by atoms with E-state index in [1.807, 2.05) is 53.4 Å². The Labute approximate surface area is 208 Å². The number of para-hydroxylation sites is 1. The number of nitrogens with zero attached hydrogens (tertiary/aromatic N) is 5. The van der Waals surface area contributed by atoms with E-state index in [2.05, 4.69) is 5.10 Å². The van der Waals surface area contributed by atoms with Crippen molar-refractivity contribution in [1.82, 2.24) is 24.1 Å². The number of aryl methyl sites for hydroxylation is 1. The molecule has 0 N–H and O–H groups in total. The van der Waals surface area contributed by atoms with Crippen molar-refractivity contribution in [2.75, 3.05) is 32.7 Å². The Morgan fingerprint density at radius 3 is 2.28 bits per heavy atom. The Morgan fingerprint density at radius 2 is 1.58 bits per heavy atom. The molecule has 1 saturated heterocycles. The highest BCUT2D eigenvalue weighted by atomic mass is 16.5. The van der Waals surface area contributed by atoms with Crippen LogP contribution < -0.4 is 5.56 Å². The van der Waals surface area contributed by atoms with Crippen molar-refractivity contribution in [3.05, 3.63) is 94.5 Å². The smallest absolute Gasteiger partial charge is 0.320 e. The van der Waals surface area contributed by atoms with Crippen LogP contribution in [-0.2, 0) is 23.2 Å². The summed E-state index contributed by atoms with van der Waals surface area (Å²) in [7, 11) is 1.79. The molecule has 9 nitrogen and oxygen atoms in total. The number of carbonyl (C=O) groups excluding carboxylic acids is 2. The number of esters is 1. The van der Waals surface area contributed by atoms with Crippen LogP contribution in [0.2, 0.25) is 0 Å². The van der Waals surface area contributed by atoms with E-state index in [0.717, 1.165) is 5.56 Å². The molecule has 0 aliphatic carbocycles. The molecule has 0 aromatic heterocycles. The Kier molecular flexibility index (Phi) is 6.64. The summed E-state index contributed by atoms with van der Waals surface area (Å²) in [4.78, 5) is 42.5. The van der Waals surface area contributed by atoms with E-state index in [4.69, 9.17) is 4.74 Å². The monoisotopic (exact) mass is 485 g/mol. The molecule has 0 bridgehead atoms. The third-order valence-corrected chi connectivity index (χ3v) is 6.28. The average molecular weight is 486 g/mol. The molecule has 0 spiro atoms. The minimum atomic E-state index is -0.287. The predicted molar refractivity (Wildman–Crippen MR) is 134 cm³/mol. The van der Waals surface area contributed by atoms with E-state index in [1.54, 1.807) is 41.0 Å². The second-order valence-corrected chi connectivity index (χ2v) is 8.87. The van der Waals surface area contributed by atoms with Gasteiger partial charge in [-0.05, 0) is 17.7 Å². The van der Waals surface area contributed by atoms with E-state index in [-0.39, 0.29) is 30.6 Å². The van der Waals surface area contributed by atoms with E-state index < -0.39 is 0 Å². The Balaban J connectivity index is 1.25. The van der Waals surface area contributed by atoms with Gasteiger partial charge in [-0.3, -0.25) is 19.3 Å². The van der Waals surface area contributed by atoms with Crippen molar-refractivity contribution in [3.8, 4) is 16.9 Å². The SMILES string of the molecule is Cn1cc(C(=O)N2CCN(CC(=O)OCc3ccccc3)CC2)c2nn(-c3ccccc3)c(=O)c-2c1. The molecule has 0 saturated carbocycles. The maximum Gasteiger partial charge on any atom is 0.320 e. The Hall–Kier alpha value is -4.24. The van der Waals surface area contributed by atoms with Crippen molar-refractivity contribution in [1.29, 1.82) is 0 Å². The number of aromatic nitrogens is 3. The van der Waals surface area contributed by atoms with E-state index in [1.165, 1.54) is 4.68 Å². The van der Waals surface area contributed by atoms with Crippen molar-refractivity contribution in [2.45, 2.75) is 6.61 Å². The van der Waals surface area contributed by atoms with Crippen LogP contribution in [-0.4, -0.2) is 68.7 Å². The molecular formula is C27H27N5O4. The third-order valence-electron chi connectivity index (χ3n) is 6.28. The minimum absolute atomic E-state index is 0.180. The number of pyridine rings is 1. The number of piperazine rings is 1. The lowest BCUT2D eigenvalue weighted by molar-refractivity contribution is -0.146. The van der Waals surface area contributed by atoms with Crippen LogP contribution in [0.25, 0.3) is 16.9 Å². The van der Waals surface area contributed by atoms with Crippen LogP contribution >= 0.6 is 0 Å². The molecule has 2 aromatic carbocycles. The van der Waals surface area contributed by atoms with Gasteiger partial charge in [0.2, 0.25) is 0 Å². The highest BCUT2D eigenvalue weighted by Gasteiger charge is 2.29. The summed E-state index contributed by atoms with van der Waals surface area (Å²) >= 11 is 0. The lowest BCUT2D eigenvalue weighted by atomic mass is 10.1. The first kappa shape index (κ1) is 23.5. The zero-order valence-corrected chi connectivity index (χ0v) is 20.0. The van der Waals surface area contributed by atoms with Crippen LogP contribution in [0, 0.1) is 0 Å². The summed E-state index contributed by atoms with van der Waals surface area (Å²) in [5, 5.41) is 4.51. The van der Waals surface area contributed by atoms with Crippen LogP contribution in [0.4, 0.5) is 0 Å². The zero-order valence-electron chi connectivity index (χ0n) is 20.0. The fraction of sp³-hybridized carbons (Fsp3) is 0.259. The normalized spacial score (nSPS) is 14.2. The quantitative estimate of drug-likeness (QED) is 0.389.